The van der Waals surface area contributed by atoms with Crippen LogP contribution in [0.1, 0.15) is 18.9 Å². The summed E-state index contributed by atoms with van der Waals surface area (Å²) in [7, 11) is -3.64. The highest BCUT2D eigenvalue weighted by Crippen LogP contribution is 2.07. The number of halogens is 1. The van der Waals surface area contributed by atoms with Gasteiger partial charge in [-0.05, 0) is 24.5 Å². The number of nitriles is 1. The van der Waals surface area contributed by atoms with E-state index in [4.69, 9.17) is 5.26 Å². The minimum atomic E-state index is -3.64. The molecule has 0 radical (unpaired) electrons. The van der Waals surface area contributed by atoms with E-state index >= 15 is 0 Å². The zero-order chi connectivity index (χ0) is 13.6. The Balaban J connectivity index is 2.58. The van der Waals surface area contributed by atoms with E-state index in [-0.39, 0.29) is 25.2 Å². The maximum atomic E-state index is 13.3. The first-order valence-corrected chi connectivity index (χ1v) is 7.17. The molecule has 1 atom stereocenters. The van der Waals surface area contributed by atoms with Gasteiger partial charge in [-0.25, -0.2) is 17.5 Å². The summed E-state index contributed by atoms with van der Waals surface area (Å²) < 4.78 is 38.9. The van der Waals surface area contributed by atoms with Crippen molar-refractivity contribution in [2.75, 3.05) is 6.54 Å². The molecule has 18 heavy (non-hydrogen) atoms. The summed E-state index contributed by atoms with van der Waals surface area (Å²) in [5.74, 6) is -0.357. The molecular formula is C12H15FN2O2S. The Morgan fingerprint density at radius 3 is 2.67 bits per heavy atom. The second kappa shape index (κ2) is 6.47. The summed E-state index contributed by atoms with van der Waals surface area (Å²) in [4.78, 5) is 0. The largest absolute Gasteiger partial charge is 0.227 e. The minimum absolute atomic E-state index is 0.0848. The Morgan fingerprint density at radius 1 is 1.44 bits per heavy atom. The van der Waals surface area contributed by atoms with Gasteiger partial charge in [-0.15, -0.1) is 0 Å². The number of rotatable bonds is 6. The van der Waals surface area contributed by atoms with Crippen LogP contribution in [0, 0.1) is 17.1 Å². The van der Waals surface area contributed by atoms with Crippen molar-refractivity contribution in [1.29, 1.82) is 5.26 Å². The first kappa shape index (κ1) is 14.6. The SMILES string of the molecule is CCC(C#N)S(=O)(=O)NCCc1ccccc1F. The molecule has 0 aliphatic heterocycles. The molecule has 1 rings (SSSR count). The van der Waals surface area contributed by atoms with Gasteiger partial charge in [-0.3, -0.25) is 0 Å². The van der Waals surface area contributed by atoms with Crippen molar-refractivity contribution in [2.45, 2.75) is 25.0 Å². The zero-order valence-electron chi connectivity index (χ0n) is 10.1. The van der Waals surface area contributed by atoms with Crippen LogP contribution in [0.15, 0.2) is 24.3 Å². The van der Waals surface area contributed by atoms with Gasteiger partial charge < -0.3 is 0 Å². The molecule has 0 aliphatic rings. The van der Waals surface area contributed by atoms with Gasteiger partial charge in [0.2, 0.25) is 10.0 Å². The Bertz CT molecular complexity index is 537. The van der Waals surface area contributed by atoms with Crippen LogP contribution >= 0.6 is 0 Å². The quantitative estimate of drug-likeness (QED) is 0.853. The Hall–Kier alpha value is -1.45. The van der Waals surface area contributed by atoms with Crippen molar-refractivity contribution in [3.05, 3.63) is 35.6 Å². The highest BCUT2D eigenvalue weighted by molar-refractivity contribution is 7.90. The van der Waals surface area contributed by atoms with Crippen LogP contribution in [0.25, 0.3) is 0 Å². The van der Waals surface area contributed by atoms with Gasteiger partial charge in [-0.2, -0.15) is 5.26 Å². The Labute approximate surface area is 106 Å². The molecule has 0 fully saturated rings. The van der Waals surface area contributed by atoms with Gasteiger partial charge in [-0.1, -0.05) is 25.1 Å². The molecule has 0 amide bonds. The number of hydrogen-bond acceptors (Lipinski definition) is 3. The van der Waals surface area contributed by atoms with Crippen molar-refractivity contribution in [3.63, 3.8) is 0 Å². The standard InChI is InChI=1S/C12H15FN2O2S/c1-2-11(9-14)18(16,17)15-8-7-10-5-3-4-6-12(10)13/h3-6,11,15H,2,7-8H2,1H3. The third-order valence-electron chi connectivity index (χ3n) is 2.54. The zero-order valence-corrected chi connectivity index (χ0v) is 10.9. The lowest BCUT2D eigenvalue weighted by Gasteiger charge is -2.10. The van der Waals surface area contributed by atoms with Gasteiger partial charge in [0.15, 0.2) is 5.25 Å². The molecule has 0 saturated carbocycles. The molecule has 0 heterocycles. The second-order valence-electron chi connectivity index (χ2n) is 3.81. The summed E-state index contributed by atoms with van der Waals surface area (Å²) in [6.45, 7) is 1.71. The van der Waals surface area contributed by atoms with Gasteiger partial charge in [0.05, 0.1) is 6.07 Å². The summed E-state index contributed by atoms with van der Waals surface area (Å²) in [6.07, 6.45) is 0.485. The fourth-order valence-electron chi connectivity index (χ4n) is 1.51. The first-order chi connectivity index (χ1) is 8.51. The molecule has 0 aliphatic carbocycles. The minimum Gasteiger partial charge on any atom is -0.214 e. The number of hydrogen-bond donors (Lipinski definition) is 1. The molecule has 4 nitrogen and oxygen atoms in total. The van der Waals surface area contributed by atoms with E-state index in [1.807, 2.05) is 0 Å². The fraction of sp³-hybridized carbons (Fsp3) is 0.417. The summed E-state index contributed by atoms with van der Waals surface area (Å²) >= 11 is 0. The molecule has 1 N–H and O–H groups in total. The normalized spacial score (nSPS) is 12.9. The molecular weight excluding hydrogens is 255 g/mol. The summed E-state index contributed by atoms with van der Waals surface area (Å²) in [5.41, 5.74) is 0.449. The van der Waals surface area contributed by atoms with Crippen molar-refractivity contribution in [2.24, 2.45) is 0 Å². The van der Waals surface area contributed by atoms with E-state index in [1.54, 1.807) is 31.2 Å². The average Bonchev–Trinajstić information content (AvgIpc) is 2.32. The smallest absolute Gasteiger partial charge is 0.214 e. The highest BCUT2D eigenvalue weighted by Gasteiger charge is 2.22. The topological polar surface area (TPSA) is 70.0 Å². The van der Waals surface area contributed by atoms with Gasteiger partial charge in [0.1, 0.15) is 5.82 Å². The molecule has 0 bridgehead atoms. The van der Waals surface area contributed by atoms with Crippen molar-refractivity contribution in [3.8, 4) is 6.07 Å². The van der Waals surface area contributed by atoms with Gasteiger partial charge in [0, 0.05) is 6.54 Å². The molecule has 98 valence electrons. The lowest BCUT2D eigenvalue weighted by molar-refractivity contribution is 0.569. The maximum absolute atomic E-state index is 13.3. The van der Waals surface area contributed by atoms with E-state index < -0.39 is 15.3 Å². The van der Waals surface area contributed by atoms with Crippen LogP contribution in [-0.4, -0.2) is 20.2 Å². The summed E-state index contributed by atoms with van der Waals surface area (Å²) in [5, 5.41) is 7.64. The van der Waals surface area contributed by atoms with Crippen LogP contribution in [0.2, 0.25) is 0 Å². The van der Waals surface area contributed by atoms with Crippen molar-refractivity contribution in [1.82, 2.24) is 4.72 Å². The Morgan fingerprint density at radius 2 is 2.11 bits per heavy atom. The van der Waals surface area contributed by atoms with Crippen LogP contribution in [0.4, 0.5) is 4.39 Å². The number of benzene rings is 1. The molecule has 1 aromatic rings. The van der Waals surface area contributed by atoms with Gasteiger partial charge in [0.25, 0.3) is 0 Å². The molecule has 1 aromatic carbocycles. The maximum Gasteiger partial charge on any atom is 0.227 e. The number of nitrogens with zero attached hydrogens (tertiary/aromatic N) is 1. The van der Waals surface area contributed by atoms with Crippen molar-refractivity contribution >= 4 is 10.0 Å². The van der Waals surface area contributed by atoms with E-state index in [0.717, 1.165) is 0 Å². The third kappa shape index (κ3) is 3.79. The molecule has 0 saturated heterocycles. The fourth-order valence-corrected chi connectivity index (χ4v) is 2.68. The molecule has 6 heteroatoms. The monoisotopic (exact) mass is 270 g/mol. The predicted molar refractivity (Wildman–Crippen MR) is 66.7 cm³/mol. The van der Waals surface area contributed by atoms with Crippen LogP contribution in [-0.2, 0) is 16.4 Å². The van der Waals surface area contributed by atoms with Gasteiger partial charge >= 0.3 is 0 Å². The van der Waals surface area contributed by atoms with Crippen LogP contribution < -0.4 is 4.72 Å². The predicted octanol–water partition coefficient (Wildman–Crippen LogP) is 1.59. The van der Waals surface area contributed by atoms with E-state index in [1.165, 1.54) is 6.07 Å². The van der Waals surface area contributed by atoms with Crippen LogP contribution in [0.3, 0.4) is 0 Å². The van der Waals surface area contributed by atoms with E-state index in [2.05, 4.69) is 4.72 Å². The third-order valence-corrected chi connectivity index (χ3v) is 4.34. The average molecular weight is 270 g/mol. The van der Waals surface area contributed by atoms with E-state index in [9.17, 15) is 12.8 Å². The molecule has 0 aromatic heterocycles. The van der Waals surface area contributed by atoms with E-state index in [0.29, 0.717) is 5.56 Å². The molecule has 0 spiro atoms. The lowest BCUT2D eigenvalue weighted by atomic mass is 10.1. The van der Waals surface area contributed by atoms with Crippen LogP contribution in [0.5, 0.6) is 0 Å². The summed E-state index contributed by atoms with van der Waals surface area (Å²) in [6, 6.07) is 7.92. The highest BCUT2D eigenvalue weighted by atomic mass is 32.2. The number of sulfonamides is 1. The Kier molecular flexibility index (Phi) is 5.25. The first-order valence-electron chi connectivity index (χ1n) is 5.62. The van der Waals surface area contributed by atoms with Crippen molar-refractivity contribution < 1.29 is 12.8 Å². The number of nitrogens with one attached hydrogen (secondary N) is 1. The second-order valence-corrected chi connectivity index (χ2v) is 5.75. The lowest BCUT2D eigenvalue weighted by Crippen LogP contribution is -2.34. The molecule has 1 unspecified atom stereocenters.